The molecular weight excluding hydrogens is 433 g/mol. The van der Waals surface area contributed by atoms with Crippen LogP contribution in [-0.4, -0.2) is 51.4 Å². The van der Waals surface area contributed by atoms with Crippen LogP contribution in [0.1, 0.15) is 38.6 Å². The topological polar surface area (TPSA) is 88.9 Å². The van der Waals surface area contributed by atoms with Gasteiger partial charge < -0.3 is 20.7 Å². The van der Waals surface area contributed by atoms with Gasteiger partial charge in [-0.25, -0.2) is 14.4 Å². The number of ether oxygens (including phenoxy) is 1. The van der Waals surface area contributed by atoms with Gasteiger partial charge in [0.05, 0.1) is 6.20 Å². The van der Waals surface area contributed by atoms with Crippen molar-refractivity contribution in [2.24, 2.45) is 0 Å². The molecule has 0 saturated carbocycles. The first-order valence-corrected chi connectivity index (χ1v) is 11.4. The van der Waals surface area contributed by atoms with Crippen molar-refractivity contribution in [3.05, 3.63) is 35.2 Å². The Hall–Kier alpha value is -2.49. The van der Waals surface area contributed by atoms with Crippen LogP contribution in [0.3, 0.4) is 0 Å². The number of hydrogen-bond acceptors (Lipinski definition) is 7. The van der Waals surface area contributed by atoms with Gasteiger partial charge in [0.2, 0.25) is 11.9 Å². The molecule has 4 heterocycles. The molecule has 1 aromatic carbocycles. The van der Waals surface area contributed by atoms with Gasteiger partial charge in [-0.05, 0) is 63.9 Å². The molecule has 170 valence electrons. The number of piperidine rings is 1. The minimum atomic E-state index is -0.402. The van der Waals surface area contributed by atoms with Gasteiger partial charge in [-0.15, -0.1) is 0 Å². The van der Waals surface area contributed by atoms with E-state index in [0.29, 0.717) is 28.1 Å². The number of imidazole rings is 1. The van der Waals surface area contributed by atoms with E-state index in [1.807, 2.05) is 0 Å². The van der Waals surface area contributed by atoms with Crippen molar-refractivity contribution in [1.82, 2.24) is 24.8 Å². The lowest BCUT2D eigenvalue weighted by Gasteiger charge is -2.34. The molecule has 32 heavy (non-hydrogen) atoms. The number of aromatic nitrogens is 4. The normalized spacial score (nSPS) is 19.2. The summed E-state index contributed by atoms with van der Waals surface area (Å²) in [6, 6.07) is 4.58. The van der Waals surface area contributed by atoms with E-state index in [2.05, 4.69) is 32.4 Å². The van der Waals surface area contributed by atoms with Crippen LogP contribution in [0.2, 0.25) is 5.02 Å². The van der Waals surface area contributed by atoms with Crippen LogP contribution in [0, 0.1) is 5.82 Å². The van der Waals surface area contributed by atoms with Crippen molar-refractivity contribution >= 4 is 40.3 Å². The van der Waals surface area contributed by atoms with Crippen LogP contribution >= 0.6 is 11.6 Å². The highest BCUT2D eigenvalue weighted by atomic mass is 35.5. The van der Waals surface area contributed by atoms with Gasteiger partial charge in [0.1, 0.15) is 11.3 Å². The summed E-state index contributed by atoms with van der Waals surface area (Å²) >= 11 is 6.05. The molecule has 0 bridgehead atoms. The standard InChI is InChI=1S/C22H27ClFN7O/c1-22(4-8-32-9-5-22)30-20-26-13-18-19(29-20)31(17-2-6-25-7-3-17)21(28-18)27-16-11-14(23)10-15(24)12-16/h10-13,17,25H,2-9H2,1H3,(H,27,28)(H,26,29,30). The Kier molecular flexibility index (Phi) is 5.88. The van der Waals surface area contributed by atoms with E-state index >= 15 is 0 Å². The fraction of sp³-hybridized carbons (Fsp3) is 0.500. The molecule has 2 aromatic heterocycles. The van der Waals surface area contributed by atoms with Crippen molar-refractivity contribution in [2.75, 3.05) is 36.9 Å². The van der Waals surface area contributed by atoms with Gasteiger partial charge in [-0.3, -0.25) is 4.57 Å². The van der Waals surface area contributed by atoms with E-state index in [9.17, 15) is 4.39 Å². The average Bonchev–Trinajstić information content (AvgIpc) is 3.11. The second-order valence-corrected chi connectivity index (χ2v) is 9.21. The first-order chi connectivity index (χ1) is 15.5. The van der Waals surface area contributed by atoms with Gasteiger partial charge in [-0.1, -0.05) is 11.6 Å². The van der Waals surface area contributed by atoms with Crippen molar-refractivity contribution in [3.63, 3.8) is 0 Å². The smallest absolute Gasteiger partial charge is 0.225 e. The van der Waals surface area contributed by atoms with Crippen LogP contribution in [-0.2, 0) is 4.74 Å². The van der Waals surface area contributed by atoms with E-state index in [1.165, 1.54) is 12.1 Å². The molecule has 0 radical (unpaired) electrons. The summed E-state index contributed by atoms with van der Waals surface area (Å²) in [4.78, 5) is 14.1. The Morgan fingerprint density at radius 1 is 1.19 bits per heavy atom. The molecule has 5 rings (SSSR count). The predicted molar refractivity (Wildman–Crippen MR) is 123 cm³/mol. The molecule has 2 fully saturated rings. The highest BCUT2D eigenvalue weighted by Crippen LogP contribution is 2.32. The Balaban J connectivity index is 1.53. The average molecular weight is 460 g/mol. The minimum absolute atomic E-state index is 0.106. The van der Waals surface area contributed by atoms with E-state index in [0.717, 1.165) is 57.6 Å². The predicted octanol–water partition coefficient (Wildman–Crippen LogP) is 4.27. The number of halogens is 2. The number of fused-ring (bicyclic) bond motifs is 1. The molecule has 3 N–H and O–H groups in total. The zero-order valence-corrected chi connectivity index (χ0v) is 18.8. The Morgan fingerprint density at radius 3 is 2.72 bits per heavy atom. The SMILES string of the molecule is CC1(Nc2ncc3nc(Nc4cc(F)cc(Cl)c4)n(C4CCNCC4)c3n2)CCOCC1. The summed E-state index contributed by atoms with van der Waals surface area (Å²) in [6.07, 6.45) is 5.44. The highest BCUT2D eigenvalue weighted by molar-refractivity contribution is 6.30. The highest BCUT2D eigenvalue weighted by Gasteiger charge is 2.29. The second-order valence-electron chi connectivity index (χ2n) is 8.77. The van der Waals surface area contributed by atoms with E-state index < -0.39 is 5.82 Å². The van der Waals surface area contributed by atoms with Crippen molar-refractivity contribution in [1.29, 1.82) is 0 Å². The van der Waals surface area contributed by atoms with E-state index in [-0.39, 0.29) is 11.6 Å². The molecule has 2 aliphatic rings. The van der Waals surface area contributed by atoms with Crippen molar-refractivity contribution in [2.45, 2.75) is 44.2 Å². The number of hydrogen-bond donors (Lipinski definition) is 3. The quantitative estimate of drug-likeness (QED) is 0.525. The lowest BCUT2D eigenvalue weighted by Crippen LogP contribution is -2.41. The summed E-state index contributed by atoms with van der Waals surface area (Å²) in [5, 5.41) is 10.5. The van der Waals surface area contributed by atoms with Gasteiger partial charge >= 0.3 is 0 Å². The van der Waals surface area contributed by atoms with Crippen LogP contribution in [0.25, 0.3) is 11.2 Å². The number of benzene rings is 1. The summed E-state index contributed by atoms with van der Waals surface area (Å²) in [7, 11) is 0. The van der Waals surface area contributed by atoms with Crippen LogP contribution in [0.15, 0.2) is 24.4 Å². The Labute approximate surface area is 190 Å². The third-order valence-corrected chi connectivity index (χ3v) is 6.45. The fourth-order valence-electron chi connectivity index (χ4n) is 4.42. The van der Waals surface area contributed by atoms with Crippen LogP contribution in [0.5, 0.6) is 0 Å². The van der Waals surface area contributed by atoms with Crippen molar-refractivity contribution in [3.8, 4) is 0 Å². The minimum Gasteiger partial charge on any atom is -0.381 e. The summed E-state index contributed by atoms with van der Waals surface area (Å²) in [5.41, 5.74) is 1.89. The van der Waals surface area contributed by atoms with E-state index in [4.69, 9.17) is 26.3 Å². The number of rotatable bonds is 5. The molecule has 3 aromatic rings. The van der Waals surface area contributed by atoms with Crippen LogP contribution in [0.4, 0.5) is 22.0 Å². The molecule has 0 unspecified atom stereocenters. The van der Waals surface area contributed by atoms with Gasteiger partial charge in [0, 0.05) is 35.5 Å². The monoisotopic (exact) mass is 459 g/mol. The van der Waals surface area contributed by atoms with Gasteiger partial charge in [0.15, 0.2) is 5.65 Å². The summed E-state index contributed by atoms with van der Waals surface area (Å²) < 4.78 is 21.5. The van der Waals surface area contributed by atoms with E-state index in [1.54, 1.807) is 12.3 Å². The molecular formula is C22H27ClFN7O. The zero-order valence-electron chi connectivity index (χ0n) is 18.0. The number of nitrogens with zero attached hydrogens (tertiary/aromatic N) is 4. The lowest BCUT2D eigenvalue weighted by molar-refractivity contribution is 0.0656. The fourth-order valence-corrected chi connectivity index (χ4v) is 4.64. The molecule has 0 atom stereocenters. The third kappa shape index (κ3) is 4.51. The first-order valence-electron chi connectivity index (χ1n) is 11.0. The van der Waals surface area contributed by atoms with Crippen LogP contribution < -0.4 is 16.0 Å². The lowest BCUT2D eigenvalue weighted by atomic mass is 9.93. The number of nitrogens with one attached hydrogen (secondary N) is 3. The maximum absolute atomic E-state index is 13.9. The molecule has 0 spiro atoms. The third-order valence-electron chi connectivity index (χ3n) is 6.24. The molecule has 10 heteroatoms. The van der Waals surface area contributed by atoms with Gasteiger partial charge in [0.25, 0.3) is 0 Å². The maximum Gasteiger partial charge on any atom is 0.225 e. The molecule has 8 nitrogen and oxygen atoms in total. The molecule has 2 aliphatic heterocycles. The largest absolute Gasteiger partial charge is 0.381 e. The maximum atomic E-state index is 13.9. The zero-order chi connectivity index (χ0) is 22.1. The van der Waals surface area contributed by atoms with Crippen molar-refractivity contribution < 1.29 is 9.13 Å². The molecule has 0 aliphatic carbocycles. The Morgan fingerprint density at radius 2 is 1.97 bits per heavy atom. The first kappa shape index (κ1) is 21.4. The molecule has 2 saturated heterocycles. The number of anilines is 3. The Bertz CT molecular complexity index is 1090. The summed E-state index contributed by atoms with van der Waals surface area (Å²) in [6.45, 7) is 5.47. The second kappa shape index (κ2) is 8.80. The summed E-state index contributed by atoms with van der Waals surface area (Å²) in [5.74, 6) is 0.787. The van der Waals surface area contributed by atoms with Gasteiger partial charge in [-0.2, -0.15) is 4.98 Å². The molecule has 0 amide bonds.